The van der Waals surface area contributed by atoms with E-state index in [4.69, 9.17) is 26.8 Å². The molecule has 1 N–H and O–H groups in total. The standard InChI is InChI=1S/C21H19NO5S2/c1-13(15-6-4-3-5-7-15)22-20(25)18(29-21(22)28)11-14-8-9-16(17(10-14)26-2)27-12-19(23)24/h3-11,13H,12H2,1-2H3,(H,23,24)/b18-11-/t13-/m1/s1. The largest absolute Gasteiger partial charge is 0.493 e. The van der Waals surface area contributed by atoms with Crippen LogP contribution in [0.4, 0.5) is 0 Å². The lowest BCUT2D eigenvalue weighted by molar-refractivity contribution is -0.139. The maximum absolute atomic E-state index is 13.0. The van der Waals surface area contributed by atoms with Gasteiger partial charge >= 0.3 is 5.97 Å². The normalized spacial score (nSPS) is 16.2. The molecule has 150 valence electrons. The quantitative estimate of drug-likeness (QED) is 0.524. The van der Waals surface area contributed by atoms with Gasteiger partial charge in [0.1, 0.15) is 4.32 Å². The molecule has 0 bridgehead atoms. The van der Waals surface area contributed by atoms with Gasteiger partial charge < -0.3 is 14.6 Å². The summed E-state index contributed by atoms with van der Waals surface area (Å²) < 4.78 is 11.0. The Hall–Kier alpha value is -2.84. The average molecular weight is 430 g/mol. The Morgan fingerprint density at radius 3 is 2.62 bits per heavy atom. The molecule has 0 aromatic heterocycles. The summed E-state index contributed by atoms with van der Waals surface area (Å²) in [6.07, 6.45) is 1.74. The van der Waals surface area contributed by atoms with E-state index < -0.39 is 12.6 Å². The van der Waals surface area contributed by atoms with Gasteiger partial charge in [0.25, 0.3) is 5.91 Å². The molecular weight excluding hydrogens is 410 g/mol. The molecule has 8 heteroatoms. The Balaban J connectivity index is 1.83. The highest BCUT2D eigenvalue weighted by molar-refractivity contribution is 8.26. The molecule has 1 fully saturated rings. The zero-order chi connectivity index (χ0) is 21.0. The van der Waals surface area contributed by atoms with Crippen molar-refractivity contribution in [1.82, 2.24) is 4.90 Å². The predicted molar refractivity (Wildman–Crippen MR) is 116 cm³/mol. The van der Waals surface area contributed by atoms with Crippen LogP contribution in [0.2, 0.25) is 0 Å². The number of carbonyl (C=O) groups is 2. The molecule has 0 aliphatic carbocycles. The van der Waals surface area contributed by atoms with Crippen LogP contribution in [0.1, 0.15) is 24.1 Å². The van der Waals surface area contributed by atoms with Gasteiger partial charge in [0.2, 0.25) is 0 Å². The van der Waals surface area contributed by atoms with E-state index in [1.165, 1.54) is 18.9 Å². The molecule has 3 rings (SSSR count). The van der Waals surface area contributed by atoms with E-state index in [-0.39, 0.29) is 11.9 Å². The number of thiocarbonyl (C=S) groups is 1. The number of ether oxygens (including phenoxy) is 2. The van der Waals surface area contributed by atoms with Crippen molar-refractivity contribution in [3.8, 4) is 11.5 Å². The lowest BCUT2D eigenvalue weighted by Gasteiger charge is -2.23. The molecule has 1 atom stereocenters. The Morgan fingerprint density at radius 1 is 1.24 bits per heavy atom. The van der Waals surface area contributed by atoms with Crippen molar-refractivity contribution in [2.24, 2.45) is 0 Å². The fourth-order valence-electron chi connectivity index (χ4n) is 2.88. The van der Waals surface area contributed by atoms with Gasteiger partial charge in [-0.3, -0.25) is 9.69 Å². The van der Waals surface area contributed by atoms with Gasteiger partial charge in [0, 0.05) is 0 Å². The molecule has 0 radical (unpaired) electrons. The van der Waals surface area contributed by atoms with Gasteiger partial charge in [-0.25, -0.2) is 4.79 Å². The number of amides is 1. The lowest BCUT2D eigenvalue weighted by Crippen LogP contribution is -2.30. The highest BCUT2D eigenvalue weighted by Crippen LogP contribution is 2.38. The summed E-state index contributed by atoms with van der Waals surface area (Å²) in [4.78, 5) is 25.8. The molecule has 1 aliphatic rings. The fourth-order valence-corrected chi connectivity index (χ4v) is 4.30. The number of methoxy groups -OCH3 is 1. The minimum absolute atomic E-state index is 0.151. The molecule has 1 heterocycles. The van der Waals surface area contributed by atoms with E-state index in [9.17, 15) is 9.59 Å². The lowest BCUT2D eigenvalue weighted by atomic mass is 10.1. The van der Waals surface area contributed by atoms with Crippen LogP contribution in [0.25, 0.3) is 6.08 Å². The Labute approximate surface area is 178 Å². The number of hydrogen-bond donors (Lipinski definition) is 1. The first-order chi connectivity index (χ1) is 13.9. The predicted octanol–water partition coefficient (Wildman–Crippen LogP) is 4.12. The second kappa shape index (κ2) is 9.11. The van der Waals surface area contributed by atoms with Crippen molar-refractivity contribution in [2.75, 3.05) is 13.7 Å². The second-order valence-electron chi connectivity index (χ2n) is 6.23. The summed E-state index contributed by atoms with van der Waals surface area (Å²) in [7, 11) is 1.47. The van der Waals surface area contributed by atoms with E-state index in [0.717, 1.165) is 11.1 Å². The zero-order valence-corrected chi connectivity index (χ0v) is 17.5. The van der Waals surface area contributed by atoms with Gasteiger partial charge in [-0.05, 0) is 36.3 Å². The summed E-state index contributed by atoms with van der Waals surface area (Å²) in [6, 6.07) is 14.6. The van der Waals surface area contributed by atoms with Crippen LogP contribution in [0.5, 0.6) is 11.5 Å². The number of thioether (sulfide) groups is 1. The molecule has 6 nitrogen and oxygen atoms in total. The third kappa shape index (κ3) is 4.78. The molecular formula is C21H19NO5S2. The summed E-state index contributed by atoms with van der Waals surface area (Å²) in [6.45, 7) is 1.48. The highest BCUT2D eigenvalue weighted by atomic mass is 32.2. The average Bonchev–Trinajstić information content (AvgIpc) is 2.99. The number of rotatable bonds is 7. The van der Waals surface area contributed by atoms with E-state index in [1.54, 1.807) is 29.2 Å². The molecule has 1 aliphatic heterocycles. The van der Waals surface area contributed by atoms with E-state index in [2.05, 4.69) is 0 Å². The summed E-state index contributed by atoms with van der Waals surface area (Å²) in [5.74, 6) is -0.528. The molecule has 1 saturated heterocycles. The SMILES string of the molecule is COc1cc(/C=C2\SC(=S)N([C@H](C)c3ccccc3)C2=O)ccc1OCC(=O)O. The maximum atomic E-state index is 13.0. The summed E-state index contributed by atoms with van der Waals surface area (Å²) in [5, 5.41) is 8.76. The van der Waals surface area contributed by atoms with E-state index >= 15 is 0 Å². The third-order valence-corrected chi connectivity index (χ3v) is 5.66. The van der Waals surface area contributed by atoms with Crippen LogP contribution in [0, 0.1) is 0 Å². The van der Waals surface area contributed by atoms with Crippen LogP contribution in [-0.2, 0) is 9.59 Å². The monoisotopic (exact) mass is 429 g/mol. The molecule has 0 unspecified atom stereocenters. The Morgan fingerprint density at radius 2 is 1.97 bits per heavy atom. The van der Waals surface area contributed by atoms with Crippen LogP contribution in [-0.4, -0.2) is 39.9 Å². The summed E-state index contributed by atoms with van der Waals surface area (Å²) >= 11 is 6.69. The minimum Gasteiger partial charge on any atom is -0.493 e. The summed E-state index contributed by atoms with van der Waals surface area (Å²) in [5.41, 5.74) is 1.73. The van der Waals surface area contributed by atoms with Crippen molar-refractivity contribution < 1.29 is 24.2 Å². The molecule has 0 spiro atoms. The number of carboxylic acid groups (broad SMARTS) is 1. The fraction of sp³-hybridized carbons (Fsp3) is 0.190. The van der Waals surface area contributed by atoms with Crippen LogP contribution in [0.15, 0.2) is 53.4 Å². The van der Waals surface area contributed by atoms with Crippen LogP contribution in [0.3, 0.4) is 0 Å². The van der Waals surface area contributed by atoms with Crippen molar-refractivity contribution in [2.45, 2.75) is 13.0 Å². The van der Waals surface area contributed by atoms with Crippen LogP contribution < -0.4 is 9.47 Å². The van der Waals surface area contributed by atoms with Crippen molar-refractivity contribution in [3.05, 3.63) is 64.6 Å². The maximum Gasteiger partial charge on any atom is 0.341 e. The first-order valence-electron chi connectivity index (χ1n) is 8.75. The van der Waals surface area contributed by atoms with Gasteiger partial charge in [-0.1, -0.05) is 60.4 Å². The number of carboxylic acids is 1. The van der Waals surface area contributed by atoms with Crippen molar-refractivity contribution >= 4 is 46.3 Å². The number of aliphatic carboxylic acids is 1. The van der Waals surface area contributed by atoms with Crippen molar-refractivity contribution in [1.29, 1.82) is 0 Å². The number of hydrogen-bond acceptors (Lipinski definition) is 6. The Kier molecular flexibility index (Phi) is 6.56. The van der Waals surface area contributed by atoms with Gasteiger partial charge in [-0.2, -0.15) is 0 Å². The van der Waals surface area contributed by atoms with Gasteiger partial charge in [0.05, 0.1) is 18.1 Å². The second-order valence-corrected chi connectivity index (χ2v) is 7.91. The topological polar surface area (TPSA) is 76.1 Å². The number of benzene rings is 2. The first kappa shape index (κ1) is 20.9. The number of carbonyl (C=O) groups excluding carboxylic acids is 1. The molecule has 29 heavy (non-hydrogen) atoms. The highest BCUT2D eigenvalue weighted by Gasteiger charge is 2.35. The van der Waals surface area contributed by atoms with Crippen molar-refractivity contribution in [3.63, 3.8) is 0 Å². The third-order valence-electron chi connectivity index (χ3n) is 4.33. The van der Waals surface area contributed by atoms with E-state index in [0.29, 0.717) is 20.7 Å². The number of nitrogens with zero attached hydrogens (tertiary/aromatic N) is 1. The van der Waals surface area contributed by atoms with Gasteiger partial charge in [0.15, 0.2) is 18.1 Å². The van der Waals surface area contributed by atoms with Gasteiger partial charge in [-0.15, -0.1) is 0 Å². The molecule has 0 saturated carbocycles. The smallest absolute Gasteiger partial charge is 0.341 e. The van der Waals surface area contributed by atoms with E-state index in [1.807, 2.05) is 37.3 Å². The van der Waals surface area contributed by atoms with Crippen LogP contribution >= 0.6 is 24.0 Å². The zero-order valence-electron chi connectivity index (χ0n) is 15.8. The minimum atomic E-state index is -1.08. The Bertz CT molecular complexity index is 974. The first-order valence-corrected chi connectivity index (χ1v) is 9.98. The molecule has 2 aromatic carbocycles. The molecule has 2 aromatic rings. The molecule has 1 amide bonds.